The number of rotatable bonds is 5. The molecule has 0 fully saturated rings. The van der Waals surface area contributed by atoms with E-state index in [9.17, 15) is 4.79 Å². The number of thiazole rings is 1. The molecule has 2 rings (SSSR count). The molecule has 1 aromatic heterocycles. The van der Waals surface area contributed by atoms with E-state index in [1.807, 2.05) is 30.1 Å². The number of carboxylic acid groups (broad SMARTS) is 1. The van der Waals surface area contributed by atoms with Gasteiger partial charge < -0.3 is 5.11 Å². The monoisotopic (exact) mass is 264 g/mol. The average Bonchev–Trinajstić information content (AvgIpc) is 2.78. The van der Waals surface area contributed by atoms with Crippen molar-refractivity contribution in [3.8, 4) is 0 Å². The van der Waals surface area contributed by atoms with Crippen LogP contribution in [-0.4, -0.2) is 34.6 Å². The molecule has 0 saturated heterocycles. The lowest BCUT2D eigenvalue weighted by molar-refractivity contribution is -0.137. The third-order valence-corrected chi connectivity index (χ3v) is 4.21. The molecule has 1 atom stereocenters. The van der Waals surface area contributed by atoms with Crippen LogP contribution < -0.4 is 0 Å². The summed E-state index contributed by atoms with van der Waals surface area (Å²) in [7, 11) is 1.93. The summed E-state index contributed by atoms with van der Waals surface area (Å²) in [6.07, 6.45) is 0.158. The van der Waals surface area contributed by atoms with Crippen molar-refractivity contribution in [2.75, 3.05) is 13.6 Å². The Kier molecular flexibility index (Phi) is 3.93. The zero-order valence-electron chi connectivity index (χ0n) is 10.5. The third-order valence-electron chi connectivity index (χ3n) is 3.01. The number of hydrogen-bond donors (Lipinski definition) is 1. The minimum absolute atomic E-state index is 0.141. The Morgan fingerprint density at radius 2 is 2.22 bits per heavy atom. The second kappa shape index (κ2) is 5.46. The van der Waals surface area contributed by atoms with E-state index in [0.717, 1.165) is 10.5 Å². The van der Waals surface area contributed by atoms with E-state index in [1.54, 1.807) is 11.3 Å². The highest BCUT2D eigenvalue weighted by atomic mass is 32.1. The van der Waals surface area contributed by atoms with Gasteiger partial charge >= 0.3 is 5.97 Å². The lowest BCUT2D eigenvalue weighted by Crippen LogP contribution is -2.25. The number of carbonyl (C=O) groups is 1. The molecule has 2 aromatic rings. The summed E-state index contributed by atoms with van der Waals surface area (Å²) < 4.78 is 1.17. The van der Waals surface area contributed by atoms with E-state index >= 15 is 0 Å². The zero-order valence-corrected chi connectivity index (χ0v) is 11.3. The molecule has 0 saturated carbocycles. The predicted octanol–water partition coefficient (Wildman–Crippen LogP) is 2.76. The Morgan fingerprint density at radius 3 is 2.89 bits per heavy atom. The molecule has 0 bridgehead atoms. The molecule has 18 heavy (non-hydrogen) atoms. The molecular formula is C13H16N2O2S. The van der Waals surface area contributed by atoms with Crippen molar-refractivity contribution in [3.63, 3.8) is 0 Å². The standard InChI is InChI=1S/C13H16N2O2S/c1-9(15(2)8-7-12(16)17)13-14-10-5-3-4-6-11(10)18-13/h3-6,9H,7-8H2,1-2H3,(H,16,17)/t9-/m1/s1. The van der Waals surface area contributed by atoms with Crippen molar-refractivity contribution in [2.24, 2.45) is 0 Å². The largest absolute Gasteiger partial charge is 0.481 e. The highest BCUT2D eigenvalue weighted by molar-refractivity contribution is 7.18. The van der Waals surface area contributed by atoms with Crippen LogP contribution in [0.4, 0.5) is 0 Å². The summed E-state index contributed by atoms with van der Waals surface area (Å²) in [5.41, 5.74) is 1.01. The Labute approximate surface area is 110 Å². The van der Waals surface area contributed by atoms with Crippen molar-refractivity contribution in [3.05, 3.63) is 29.3 Å². The number of fused-ring (bicyclic) bond motifs is 1. The molecule has 1 aromatic carbocycles. The maximum atomic E-state index is 10.6. The van der Waals surface area contributed by atoms with Gasteiger partial charge in [0.1, 0.15) is 5.01 Å². The van der Waals surface area contributed by atoms with Crippen molar-refractivity contribution in [2.45, 2.75) is 19.4 Å². The third kappa shape index (κ3) is 2.86. The first-order chi connectivity index (χ1) is 8.58. The van der Waals surface area contributed by atoms with Crippen LogP contribution in [0.3, 0.4) is 0 Å². The molecule has 0 radical (unpaired) electrons. The van der Waals surface area contributed by atoms with Crippen LogP contribution in [-0.2, 0) is 4.79 Å². The van der Waals surface area contributed by atoms with Crippen LogP contribution in [0.25, 0.3) is 10.2 Å². The van der Waals surface area contributed by atoms with Crippen LogP contribution in [0, 0.1) is 0 Å². The van der Waals surface area contributed by atoms with Crippen molar-refractivity contribution < 1.29 is 9.90 Å². The number of benzene rings is 1. The van der Waals surface area contributed by atoms with E-state index in [-0.39, 0.29) is 12.5 Å². The second-order valence-corrected chi connectivity index (χ2v) is 5.38. The Hall–Kier alpha value is -1.46. The minimum Gasteiger partial charge on any atom is -0.481 e. The van der Waals surface area contributed by atoms with Crippen molar-refractivity contribution in [1.29, 1.82) is 0 Å². The molecule has 0 aliphatic heterocycles. The van der Waals surface area contributed by atoms with Gasteiger partial charge in [-0.05, 0) is 26.1 Å². The molecule has 4 nitrogen and oxygen atoms in total. The van der Waals surface area contributed by atoms with Gasteiger partial charge in [-0.3, -0.25) is 9.69 Å². The Bertz CT molecular complexity index is 520. The number of para-hydroxylation sites is 1. The van der Waals surface area contributed by atoms with Crippen molar-refractivity contribution in [1.82, 2.24) is 9.88 Å². The van der Waals surface area contributed by atoms with E-state index in [1.165, 1.54) is 4.70 Å². The van der Waals surface area contributed by atoms with Crippen LogP contribution in [0.15, 0.2) is 24.3 Å². The van der Waals surface area contributed by atoms with Crippen molar-refractivity contribution >= 4 is 27.5 Å². The molecule has 1 heterocycles. The fourth-order valence-electron chi connectivity index (χ4n) is 1.72. The Morgan fingerprint density at radius 1 is 1.50 bits per heavy atom. The maximum absolute atomic E-state index is 10.6. The normalized spacial score (nSPS) is 13.1. The van der Waals surface area contributed by atoms with Gasteiger partial charge in [0, 0.05) is 6.54 Å². The number of aliphatic carboxylic acids is 1. The molecule has 0 aliphatic carbocycles. The highest BCUT2D eigenvalue weighted by Crippen LogP contribution is 2.28. The van der Waals surface area contributed by atoms with Crippen LogP contribution in [0.2, 0.25) is 0 Å². The molecule has 5 heteroatoms. The van der Waals surface area contributed by atoms with Gasteiger partial charge in [0.05, 0.1) is 22.7 Å². The van der Waals surface area contributed by atoms with Gasteiger partial charge in [0.2, 0.25) is 0 Å². The van der Waals surface area contributed by atoms with E-state index < -0.39 is 5.97 Å². The Balaban J connectivity index is 2.12. The highest BCUT2D eigenvalue weighted by Gasteiger charge is 2.16. The molecule has 0 spiro atoms. The van der Waals surface area contributed by atoms with Crippen LogP contribution in [0.1, 0.15) is 24.4 Å². The average molecular weight is 264 g/mol. The first-order valence-electron chi connectivity index (χ1n) is 5.85. The van der Waals surface area contributed by atoms with Gasteiger partial charge in [-0.2, -0.15) is 0 Å². The lowest BCUT2D eigenvalue weighted by Gasteiger charge is -2.21. The first kappa shape index (κ1) is 13.0. The number of carboxylic acids is 1. The summed E-state index contributed by atoms with van der Waals surface area (Å²) in [5, 5.41) is 9.72. The van der Waals surface area contributed by atoms with E-state index in [2.05, 4.69) is 18.0 Å². The van der Waals surface area contributed by atoms with Gasteiger partial charge in [-0.25, -0.2) is 4.98 Å². The van der Waals surface area contributed by atoms with Gasteiger partial charge in [0.15, 0.2) is 0 Å². The fraction of sp³-hybridized carbons (Fsp3) is 0.385. The number of aromatic nitrogens is 1. The lowest BCUT2D eigenvalue weighted by atomic mass is 10.3. The summed E-state index contributed by atoms with van der Waals surface area (Å²) in [6.45, 7) is 2.59. The summed E-state index contributed by atoms with van der Waals surface area (Å²) >= 11 is 1.67. The summed E-state index contributed by atoms with van der Waals surface area (Å²) in [4.78, 5) is 17.2. The zero-order chi connectivity index (χ0) is 13.1. The quantitative estimate of drug-likeness (QED) is 0.902. The summed E-state index contributed by atoms with van der Waals surface area (Å²) in [6, 6.07) is 8.18. The number of hydrogen-bond acceptors (Lipinski definition) is 4. The SMILES string of the molecule is C[C@H](c1nc2ccccc2s1)N(C)CCC(=O)O. The molecular weight excluding hydrogens is 248 g/mol. The minimum atomic E-state index is -0.765. The molecule has 0 aliphatic rings. The molecule has 0 unspecified atom stereocenters. The van der Waals surface area contributed by atoms with Gasteiger partial charge in [-0.1, -0.05) is 12.1 Å². The fourth-order valence-corrected chi connectivity index (χ4v) is 2.81. The van der Waals surface area contributed by atoms with Crippen LogP contribution >= 0.6 is 11.3 Å². The summed E-state index contributed by atoms with van der Waals surface area (Å²) in [5.74, 6) is -0.765. The van der Waals surface area contributed by atoms with Gasteiger partial charge in [-0.15, -0.1) is 11.3 Å². The van der Waals surface area contributed by atoms with E-state index in [0.29, 0.717) is 6.54 Å². The predicted molar refractivity (Wildman–Crippen MR) is 72.9 cm³/mol. The van der Waals surface area contributed by atoms with Crippen LogP contribution in [0.5, 0.6) is 0 Å². The molecule has 0 amide bonds. The molecule has 1 N–H and O–H groups in total. The first-order valence-corrected chi connectivity index (χ1v) is 6.67. The van der Waals surface area contributed by atoms with Gasteiger partial charge in [0.25, 0.3) is 0 Å². The smallest absolute Gasteiger partial charge is 0.304 e. The molecule has 96 valence electrons. The number of nitrogens with zero attached hydrogens (tertiary/aromatic N) is 2. The second-order valence-electron chi connectivity index (χ2n) is 4.32. The van der Waals surface area contributed by atoms with E-state index in [4.69, 9.17) is 5.11 Å². The maximum Gasteiger partial charge on any atom is 0.304 e. The topological polar surface area (TPSA) is 53.4 Å².